The summed E-state index contributed by atoms with van der Waals surface area (Å²) in [5.41, 5.74) is 6.04. The highest BCUT2D eigenvalue weighted by Crippen LogP contribution is 2.10. The van der Waals surface area contributed by atoms with E-state index in [9.17, 15) is 9.90 Å². The predicted molar refractivity (Wildman–Crippen MR) is 65.4 cm³/mol. The van der Waals surface area contributed by atoms with Gasteiger partial charge in [0, 0.05) is 18.3 Å². The Bertz CT molecular complexity index is 389. The molecule has 0 bridgehead atoms. The summed E-state index contributed by atoms with van der Waals surface area (Å²) in [5, 5.41) is 12.0. The lowest BCUT2D eigenvalue weighted by atomic mass is 9.99. The maximum absolute atomic E-state index is 12.0. The van der Waals surface area contributed by atoms with Crippen molar-refractivity contribution >= 4 is 5.91 Å². The first-order valence-electron chi connectivity index (χ1n) is 5.63. The number of nitrogens with two attached hydrogens (primary N) is 1. The standard InChI is InChI=1S/C12H19N3O2/c1-3-12(2,8-16)15-11(17)9-4-5-14-10(6-9)7-13/h4-6,16H,3,7-8,13H2,1-2H3,(H,15,17). The third-order valence-electron chi connectivity index (χ3n) is 2.83. The number of hydrogen-bond donors (Lipinski definition) is 3. The van der Waals surface area contributed by atoms with Crippen LogP contribution in [-0.2, 0) is 6.54 Å². The quantitative estimate of drug-likeness (QED) is 0.693. The van der Waals surface area contributed by atoms with Crippen LogP contribution in [0.3, 0.4) is 0 Å². The summed E-state index contributed by atoms with van der Waals surface area (Å²) in [7, 11) is 0. The first kappa shape index (κ1) is 13.6. The van der Waals surface area contributed by atoms with Crippen LogP contribution in [0.5, 0.6) is 0 Å². The fraction of sp³-hybridized carbons (Fsp3) is 0.500. The molecule has 1 aromatic rings. The summed E-state index contributed by atoms with van der Waals surface area (Å²) in [6, 6.07) is 3.28. The van der Waals surface area contributed by atoms with Gasteiger partial charge in [0.2, 0.25) is 0 Å². The molecule has 5 nitrogen and oxygen atoms in total. The number of carbonyl (C=O) groups excluding carboxylic acids is 1. The van der Waals surface area contributed by atoms with E-state index in [1.165, 1.54) is 0 Å². The first-order chi connectivity index (χ1) is 8.04. The lowest BCUT2D eigenvalue weighted by molar-refractivity contribution is 0.0847. The molecule has 1 rings (SSSR count). The Hall–Kier alpha value is -1.46. The third kappa shape index (κ3) is 3.51. The van der Waals surface area contributed by atoms with Gasteiger partial charge in [-0.25, -0.2) is 0 Å². The molecule has 0 aliphatic carbocycles. The highest BCUT2D eigenvalue weighted by Gasteiger charge is 2.23. The number of aromatic nitrogens is 1. The van der Waals surface area contributed by atoms with E-state index in [0.29, 0.717) is 24.2 Å². The molecule has 0 aliphatic rings. The number of amides is 1. The van der Waals surface area contributed by atoms with Crippen LogP contribution in [0.15, 0.2) is 18.3 Å². The summed E-state index contributed by atoms with van der Waals surface area (Å²) in [5.74, 6) is -0.222. The summed E-state index contributed by atoms with van der Waals surface area (Å²) >= 11 is 0. The SMILES string of the molecule is CCC(C)(CO)NC(=O)c1ccnc(CN)c1. The van der Waals surface area contributed by atoms with Crippen LogP contribution in [0.25, 0.3) is 0 Å². The lowest BCUT2D eigenvalue weighted by Gasteiger charge is -2.27. The molecule has 1 aromatic heterocycles. The Labute approximate surface area is 101 Å². The van der Waals surface area contributed by atoms with E-state index < -0.39 is 5.54 Å². The number of aliphatic hydroxyl groups excluding tert-OH is 1. The van der Waals surface area contributed by atoms with Gasteiger partial charge in [-0.2, -0.15) is 0 Å². The summed E-state index contributed by atoms with van der Waals surface area (Å²) < 4.78 is 0. The number of carbonyl (C=O) groups is 1. The van der Waals surface area contributed by atoms with Crippen molar-refractivity contribution in [1.29, 1.82) is 0 Å². The van der Waals surface area contributed by atoms with E-state index in [4.69, 9.17) is 5.73 Å². The molecule has 5 heteroatoms. The third-order valence-corrected chi connectivity index (χ3v) is 2.83. The Morgan fingerprint density at radius 2 is 2.35 bits per heavy atom. The van der Waals surface area contributed by atoms with E-state index in [1.54, 1.807) is 25.3 Å². The average molecular weight is 237 g/mol. The van der Waals surface area contributed by atoms with Crippen molar-refractivity contribution in [3.05, 3.63) is 29.6 Å². The number of aliphatic hydroxyl groups is 1. The highest BCUT2D eigenvalue weighted by atomic mass is 16.3. The summed E-state index contributed by atoms with van der Waals surface area (Å²) in [4.78, 5) is 16.0. The normalized spacial score (nSPS) is 14.1. The Balaban J connectivity index is 2.82. The number of nitrogens with zero attached hydrogens (tertiary/aromatic N) is 1. The zero-order valence-electron chi connectivity index (χ0n) is 10.2. The minimum absolute atomic E-state index is 0.0932. The molecule has 0 saturated carbocycles. The van der Waals surface area contributed by atoms with Crippen LogP contribution in [0, 0.1) is 0 Å². The van der Waals surface area contributed by atoms with Gasteiger partial charge in [-0.05, 0) is 25.5 Å². The average Bonchev–Trinajstić information content (AvgIpc) is 2.38. The van der Waals surface area contributed by atoms with Crippen LogP contribution in [0.4, 0.5) is 0 Å². The Morgan fingerprint density at radius 3 is 2.88 bits per heavy atom. The van der Waals surface area contributed by atoms with Crippen LogP contribution in [0.2, 0.25) is 0 Å². The molecule has 1 amide bonds. The molecule has 1 atom stereocenters. The minimum atomic E-state index is -0.594. The van der Waals surface area contributed by atoms with Gasteiger partial charge in [0.05, 0.1) is 17.8 Å². The van der Waals surface area contributed by atoms with Gasteiger partial charge in [0.25, 0.3) is 5.91 Å². The second-order valence-corrected chi connectivity index (χ2v) is 4.27. The summed E-state index contributed by atoms with van der Waals surface area (Å²) in [6.45, 7) is 3.92. The van der Waals surface area contributed by atoms with Crippen LogP contribution >= 0.6 is 0 Å². The van der Waals surface area contributed by atoms with E-state index >= 15 is 0 Å². The molecular formula is C12H19N3O2. The minimum Gasteiger partial charge on any atom is -0.394 e. The topological polar surface area (TPSA) is 88.2 Å². The van der Waals surface area contributed by atoms with Crippen molar-refractivity contribution in [2.45, 2.75) is 32.4 Å². The molecule has 0 saturated heterocycles. The van der Waals surface area contributed by atoms with Crippen LogP contribution in [-0.4, -0.2) is 28.1 Å². The van der Waals surface area contributed by atoms with Gasteiger partial charge in [0.1, 0.15) is 0 Å². The van der Waals surface area contributed by atoms with E-state index in [0.717, 1.165) is 0 Å². The molecule has 0 fully saturated rings. The molecular weight excluding hydrogens is 218 g/mol. The van der Waals surface area contributed by atoms with Gasteiger partial charge < -0.3 is 16.2 Å². The van der Waals surface area contributed by atoms with E-state index in [2.05, 4.69) is 10.3 Å². The lowest BCUT2D eigenvalue weighted by Crippen LogP contribution is -2.48. The van der Waals surface area contributed by atoms with Gasteiger partial charge in [-0.1, -0.05) is 6.92 Å². The van der Waals surface area contributed by atoms with Crippen LogP contribution < -0.4 is 11.1 Å². The molecule has 0 spiro atoms. The van der Waals surface area contributed by atoms with E-state index in [1.807, 2.05) is 6.92 Å². The number of hydrogen-bond acceptors (Lipinski definition) is 4. The zero-order valence-corrected chi connectivity index (χ0v) is 10.2. The van der Waals surface area contributed by atoms with Crippen molar-refractivity contribution in [3.63, 3.8) is 0 Å². The number of nitrogens with one attached hydrogen (secondary N) is 1. The van der Waals surface area contributed by atoms with E-state index in [-0.39, 0.29) is 12.5 Å². The van der Waals surface area contributed by atoms with Gasteiger partial charge in [0.15, 0.2) is 0 Å². The van der Waals surface area contributed by atoms with Crippen molar-refractivity contribution < 1.29 is 9.90 Å². The van der Waals surface area contributed by atoms with Crippen molar-refractivity contribution in [2.24, 2.45) is 5.73 Å². The maximum Gasteiger partial charge on any atom is 0.251 e. The van der Waals surface area contributed by atoms with Gasteiger partial charge in [-0.3, -0.25) is 9.78 Å². The second kappa shape index (κ2) is 5.75. The second-order valence-electron chi connectivity index (χ2n) is 4.27. The monoisotopic (exact) mass is 237 g/mol. The molecule has 4 N–H and O–H groups in total. The molecule has 17 heavy (non-hydrogen) atoms. The fourth-order valence-electron chi connectivity index (χ4n) is 1.32. The zero-order chi connectivity index (χ0) is 12.9. The highest BCUT2D eigenvalue weighted by molar-refractivity contribution is 5.94. The maximum atomic E-state index is 12.0. The summed E-state index contributed by atoms with van der Waals surface area (Å²) in [6.07, 6.45) is 2.21. The Morgan fingerprint density at radius 1 is 1.65 bits per heavy atom. The van der Waals surface area contributed by atoms with Gasteiger partial charge in [-0.15, -0.1) is 0 Å². The molecule has 0 radical (unpaired) electrons. The molecule has 1 unspecified atom stereocenters. The number of rotatable bonds is 5. The molecule has 0 aromatic carbocycles. The van der Waals surface area contributed by atoms with Crippen molar-refractivity contribution in [2.75, 3.05) is 6.61 Å². The molecule has 0 aliphatic heterocycles. The molecule has 94 valence electrons. The van der Waals surface area contributed by atoms with Crippen molar-refractivity contribution in [1.82, 2.24) is 10.3 Å². The molecule has 1 heterocycles. The largest absolute Gasteiger partial charge is 0.394 e. The fourth-order valence-corrected chi connectivity index (χ4v) is 1.32. The van der Waals surface area contributed by atoms with Crippen molar-refractivity contribution in [3.8, 4) is 0 Å². The first-order valence-corrected chi connectivity index (χ1v) is 5.63. The smallest absolute Gasteiger partial charge is 0.251 e. The van der Waals surface area contributed by atoms with Gasteiger partial charge >= 0.3 is 0 Å². The predicted octanol–water partition coefficient (Wildman–Crippen LogP) is 0.431. The Kier molecular flexibility index (Phi) is 4.60. The van der Waals surface area contributed by atoms with Crippen LogP contribution in [0.1, 0.15) is 36.3 Å². The number of pyridine rings is 1.